The van der Waals surface area contributed by atoms with Gasteiger partial charge in [-0.3, -0.25) is 0 Å². The maximum Gasteiger partial charge on any atom is 0.0143 e. The summed E-state index contributed by atoms with van der Waals surface area (Å²) in [6.45, 7) is 31.1. The van der Waals surface area contributed by atoms with Gasteiger partial charge in [-0.05, 0) is 82.6 Å². The second-order valence-corrected chi connectivity index (χ2v) is 9.35. The van der Waals surface area contributed by atoms with E-state index in [0.717, 1.165) is 69.3 Å². The van der Waals surface area contributed by atoms with E-state index in [9.17, 15) is 0 Å². The number of nitrogens with one attached hydrogen (secondary N) is 2. The van der Waals surface area contributed by atoms with Gasteiger partial charge in [-0.25, -0.2) is 0 Å². The van der Waals surface area contributed by atoms with Gasteiger partial charge in [-0.2, -0.15) is 0 Å². The first-order valence-electron chi connectivity index (χ1n) is 12.3. The molecule has 30 heavy (non-hydrogen) atoms. The van der Waals surface area contributed by atoms with Crippen LogP contribution in [-0.2, 0) is 0 Å². The molecule has 0 spiro atoms. The van der Waals surface area contributed by atoms with Crippen molar-refractivity contribution in [2.24, 2.45) is 11.8 Å². The zero-order valence-electron chi connectivity index (χ0n) is 20.6. The van der Waals surface area contributed by atoms with Gasteiger partial charge in [-0.1, -0.05) is 71.4 Å². The minimum absolute atomic E-state index is 0.497. The van der Waals surface area contributed by atoms with E-state index >= 15 is 0 Å². The predicted octanol–water partition coefficient (Wildman–Crippen LogP) is 7.90. The molecule has 0 bridgehead atoms. The van der Waals surface area contributed by atoms with Gasteiger partial charge in [0.05, 0.1) is 0 Å². The molecule has 0 aliphatic rings. The van der Waals surface area contributed by atoms with Crippen LogP contribution in [0.25, 0.3) is 0 Å². The number of unbranched alkanes of at least 4 members (excludes halogenated alkanes) is 5. The predicted molar refractivity (Wildman–Crippen MR) is 135 cm³/mol. The summed E-state index contributed by atoms with van der Waals surface area (Å²) in [6, 6.07) is 0. The Kier molecular flexibility index (Phi) is 17.5. The van der Waals surface area contributed by atoms with Crippen molar-refractivity contribution in [1.29, 1.82) is 0 Å². The fraction of sp³-hybridized carbons (Fsp3) is 0.714. The molecular formula is C28H50N2. The summed E-state index contributed by atoms with van der Waals surface area (Å²) >= 11 is 0. The summed E-state index contributed by atoms with van der Waals surface area (Å²) in [5, 5.41) is 6.85. The van der Waals surface area contributed by atoms with Crippen molar-refractivity contribution in [2.75, 3.05) is 13.1 Å². The first kappa shape index (κ1) is 28.6. The number of allylic oxidation sites excluding steroid dienone is 4. The Balaban J connectivity index is 3.42. The molecule has 0 unspecified atom stereocenters. The molecule has 0 fully saturated rings. The lowest BCUT2D eigenvalue weighted by Crippen LogP contribution is -2.15. The average Bonchev–Trinajstić information content (AvgIpc) is 2.69. The van der Waals surface area contributed by atoms with E-state index in [1.54, 1.807) is 0 Å². The van der Waals surface area contributed by atoms with E-state index in [-0.39, 0.29) is 0 Å². The Morgan fingerprint density at radius 2 is 1.17 bits per heavy atom. The largest absolute Gasteiger partial charge is 0.389 e. The van der Waals surface area contributed by atoms with Gasteiger partial charge < -0.3 is 10.6 Å². The minimum atomic E-state index is 0.497. The molecule has 0 saturated heterocycles. The van der Waals surface area contributed by atoms with Crippen molar-refractivity contribution in [1.82, 2.24) is 10.6 Å². The Morgan fingerprint density at radius 1 is 0.633 bits per heavy atom. The maximum absolute atomic E-state index is 6.08. The van der Waals surface area contributed by atoms with E-state index in [1.807, 2.05) is 0 Å². The van der Waals surface area contributed by atoms with Crippen LogP contribution in [0.3, 0.4) is 0 Å². The summed E-state index contributed by atoms with van der Waals surface area (Å²) in [7, 11) is 0. The van der Waals surface area contributed by atoms with Gasteiger partial charge in [0.15, 0.2) is 0 Å². The van der Waals surface area contributed by atoms with Crippen molar-refractivity contribution in [3.8, 4) is 0 Å². The van der Waals surface area contributed by atoms with Crippen LogP contribution in [-0.4, -0.2) is 13.1 Å². The standard InChI is InChI=1S/C28H50N2/c1-23(2)25(5)17-11-13-19-27(7)29-21-15-9-10-16-22-30-28(8)20-14-12-18-26(6)24(3)4/h5,8,23-24,29-30H,6-7,9-22H2,1-4H3. The SMILES string of the molecule is [CH]=C(CCCCC(=C)C(C)C)NCCCCCCNC(=C)CCCCC(=[CH])C(C)C. The lowest BCUT2D eigenvalue weighted by Gasteiger charge is -2.12. The van der Waals surface area contributed by atoms with Gasteiger partial charge >= 0.3 is 0 Å². The second kappa shape index (κ2) is 18.3. The third-order valence-corrected chi connectivity index (χ3v) is 5.78. The molecule has 0 rings (SSSR count). The molecule has 0 atom stereocenters. The van der Waals surface area contributed by atoms with Crippen molar-refractivity contribution >= 4 is 0 Å². The molecule has 0 aromatic carbocycles. The first-order chi connectivity index (χ1) is 14.2. The fourth-order valence-corrected chi connectivity index (χ4v) is 3.21. The van der Waals surface area contributed by atoms with Crippen LogP contribution in [0.15, 0.2) is 35.7 Å². The van der Waals surface area contributed by atoms with E-state index in [1.165, 1.54) is 43.4 Å². The molecule has 0 heterocycles. The first-order valence-corrected chi connectivity index (χ1v) is 12.3. The third kappa shape index (κ3) is 17.4. The molecule has 0 aromatic rings. The molecule has 2 radical (unpaired) electrons. The molecule has 0 aliphatic carbocycles. The zero-order chi connectivity index (χ0) is 22.8. The van der Waals surface area contributed by atoms with Crippen LogP contribution in [0.4, 0.5) is 0 Å². The average molecular weight is 415 g/mol. The van der Waals surface area contributed by atoms with Crippen LogP contribution >= 0.6 is 0 Å². The summed E-state index contributed by atoms with van der Waals surface area (Å²) in [5.41, 5.74) is 4.58. The van der Waals surface area contributed by atoms with Crippen LogP contribution in [0.2, 0.25) is 0 Å². The lowest BCUT2D eigenvalue weighted by molar-refractivity contribution is 0.580. The Labute approximate surface area is 189 Å². The monoisotopic (exact) mass is 414 g/mol. The summed E-state index contributed by atoms with van der Waals surface area (Å²) in [5.74, 6) is 1.09. The fourth-order valence-electron chi connectivity index (χ4n) is 3.21. The molecule has 0 aliphatic heterocycles. The molecule has 0 aromatic heterocycles. The van der Waals surface area contributed by atoms with E-state index < -0.39 is 0 Å². The van der Waals surface area contributed by atoms with Crippen LogP contribution in [0.1, 0.15) is 105 Å². The van der Waals surface area contributed by atoms with Gasteiger partial charge in [-0.15, -0.1) is 0 Å². The second-order valence-electron chi connectivity index (χ2n) is 9.35. The smallest absolute Gasteiger partial charge is 0.0143 e. The van der Waals surface area contributed by atoms with Crippen molar-refractivity contribution in [3.63, 3.8) is 0 Å². The Hall–Kier alpha value is -1.44. The zero-order valence-corrected chi connectivity index (χ0v) is 20.6. The van der Waals surface area contributed by atoms with Gasteiger partial charge in [0.2, 0.25) is 0 Å². The molecule has 172 valence electrons. The summed E-state index contributed by atoms with van der Waals surface area (Å²) in [4.78, 5) is 0. The van der Waals surface area contributed by atoms with Crippen molar-refractivity contribution in [3.05, 3.63) is 48.9 Å². The van der Waals surface area contributed by atoms with E-state index in [4.69, 9.17) is 13.2 Å². The summed E-state index contributed by atoms with van der Waals surface area (Å²) in [6.07, 6.45) is 13.7. The Bertz CT molecular complexity index is 453. The highest BCUT2D eigenvalue weighted by molar-refractivity contribution is 4.97. The molecular weight excluding hydrogens is 364 g/mol. The molecule has 2 N–H and O–H groups in total. The third-order valence-electron chi connectivity index (χ3n) is 5.78. The summed E-state index contributed by atoms with van der Waals surface area (Å²) < 4.78 is 0. The molecule has 2 heteroatoms. The lowest BCUT2D eigenvalue weighted by atomic mass is 9.99. The highest BCUT2D eigenvalue weighted by Gasteiger charge is 2.02. The molecule has 2 nitrogen and oxygen atoms in total. The normalized spacial score (nSPS) is 11.0. The highest BCUT2D eigenvalue weighted by Crippen LogP contribution is 2.17. The van der Waals surface area contributed by atoms with Crippen LogP contribution < -0.4 is 10.6 Å². The number of rotatable bonds is 21. The molecule has 0 amide bonds. The topological polar surface area (TPSA) is 24.1 Å². The van der Waals surface area contributed by atoms with Gasteiger partial charge in [0, 0.05) is 24.5 Å². The van der Waals surface area contributed by atoms with Gasteiger partial charge in [0.1, 0.15) is 0 Å². The quantitative estimate of drug-likeness (QED) is 0.147. The van der Waals surface area contributed by atoms with E-state index in [2.05, 4.69) is 51.5 Å². The van der Waals surface area contributed by atoms with Gasteiger partial charge in [0.25, 0.3) is 0 Å². The van der Waals surface area contributed by atoms with E-state index in [0.29, 0.717) is 11.8 Å². The number of hydrogen-bond acceptors (Lipinski definition) is 2. The number of hydrogen-bond donors (Lipinski definition) is 2. The Morgan fingerprint density at radius 3 is 1.77 bits per heavy atom. The van der Waals surface area contributed by atoms with Crippen LogP contribution in [0.5, 0.6) is 0 Å². The van der Waals surface area contributed by atoms with Crippen molar-refractivity contribution < 1.29 is 0 Å². The molecule has 0 saturated carbocycles. The van der Waals surface area contributed by atoms with Crippen molar-refractivity contribution in [2.45, 2.75) is 105 Å². The van der Waals surface area contributed by atoms with Crippen LogP contribution in [0, 0.1) is 25.0 Å². The minimum Gasteiger partial charge on any atom is -0.389 e. The highest BCUT2D eigenvalue weighted by atomic mass is 14.9. The maximum atomic E-state index is 6.08.